The number of ether oxygens (including phenoxy) is 1. The van der Waals surface area contributed by atoms with E-state index in [1.165, 1.54) is 43.2 Å². The minimum atomic E-state index is 0.182. The first-order chi connectivity index (χ1) is 9.72. The fraction of sp³-hybridized carbons (Fsp3) is 0.667. The van der Waals surface area contributed by atoms with Crippen molar-refractivity contribution in [3.63, 3.8) is 0 Å². The Kier molecular flexibility index (Phi) is 6.06. The van der Waals surface area contributed by atoms with Gasteiger partial charge in [-0.25, -0.2) is 0 Å². The van der Waals surface area contributed by atoms with Crippen LogP contribution in [0.3, 0.4) is 0 Å². The first-order valence-corrected chi connectivity index (χ1v) is 8.09. The molecule has 2 nitrogen and oxygen atoms in total. The second kappa shape index (κ2) is 7.80. The second-order valence-corrected chi connectivity index (χ2v) is 6.16. The minimum Gasteiger partial charge on any atom is -0.369 e. The maximum Gasteiger partial charge on any atom is 0.0952 e. The molecule has 1 N–H and O–H groups in total. The number of likely N-dealkylation sites (N-methyl/N-ethyl adjacent to an activating group) is 1. The first-order valence-electron chi connectivity index (χ1n) is 8.09. The lowest BCUT2D eigenvalue weighted by Crippen LogP contribution is -2.28. The van der Waals surface area contributed by atoms with Gasteiger partial charge in [0.05, 0.1) is 12.2 Å². The molecular weight excluding hydrogens is 246 g/mol. The summed E-state index contributed by atoms with van der Waals surface area (Å²) in [7, 11) is 2.00. The van der Waals surface area contributed by atoms with Crippen LogP contribution in [0.4, 0.5) is 0 Å². The molecule has 0 aliphatic heterocycles. The van der Waals surface area contributed by atoms with Gasteiger partial charge < -0.3 is 10.1 Å². The summed E-state index contributed by atoms with van der Waals surface area (Å²) >= 11 is 0. The van der Waals surface area contributed by atoms with E-state index in [9.17, 15) is 0 Å². The van der Waals surface area contributed by atoms with E-state index in [0.29, 0.717) is 6.10 Å². The van der Waals surface area contributed by atoms with Crippen molar-refractivity contribution in [3.05, 3.63) is 35.4 Å². The lowest BCUT2D eigenvalue weighted by Gasteiger charge is -2.32. The standard InChI is InChI=1S/C18H29NO/c1-4-15-6-5-7-17(12-15)20-18(13-19-3)16-10-8-14(2)9-11-16/h8-11,15,17-19H,4-7,12-13H2,1-3H3. The third-order valence-electron chi connectivity index (χ3n) is 4.51. The van der Waals surface area contributed by atoms with Crippen LogP contribution in [0.2, 0.25) is 0 Å². The summed E-state index contributed by atoms with van der Waals surface area (Å²) in [6, 6.07) is 8.77. The Morgan fingerprint density at radius 2 is 2.00 bits per heavy atom. The number of hydrogen-bond donors (Lipinski definition) is 1. The highest BCUT2D eigenvalue weighted by Gasteiger charge is 2.24. The smallest absolute Gasteiger partial charge is 0.0952 e. The third kappa shape index (κ3) is 4.32. The van der Waals surface area contributed by atoms with Crippen LogP contribution in [0.25, 0.3) is 0 Å². The molecule has 1 aromatic carbocycles. The molecule has 0 aromatic heterocycles. The van der Waals surface area contributed by atoms with Gasteiger partial charge in [-0.15, -0.1) is 0 Å². The Morgan fingerprint density at radius 1 is 1.25 bits per heavy atom. The van der Waals surface area contributed by atoms with E-state index in [1.54, 1.807) is 0 Å². The zero-order chi connectivity index (χ0) is 14.4. The fourth-order valence-electron chi connectivity index (χ4n) is 3.18. The molecule has 0 heterocycles. The highest BCUT2D eigenvalue weighted by Crippen LogP contribution is 2.31. The van der Waals surface area contributed by atoms with Crippen molar-refractivity contribution < 1.29 is 4.74 Å². The van der Waals surface area contributed by atoms with Crippen molar-refractivity contribution in [2.75, 3.05) is 13.6 Å². The maximum absolute atomic E-state index is 6.43. The molecule has 0 bridgehead atoms. The van der Waals surface area contributed by atoms with E-state index in [1.807, 2.05) is 7.05 Å². The molecule has 3 unspecified atom stereocenters. The number of benzene rings is 1. The van der Waals surface area contributed by atoms with Gasteiger partial charge in [0.25, 0.3) is 0 Å². The lowest BCUT2D eigenvalue weighted by molar-refractivity contribution is -0.0408. The molecule has 2 heteroatoms. The van der Waals surface area contributed by atoms with E-state index in [-0.39, 0.29) is 6.10 Å². The van der Waals surface area contributed by atoms with Gasteiger partial charge in [-0.3, -0.25) is 0 Å². The number of aryl methyl sites for hydroxylation is 1. The van der Waals surface area contributed by atoms with Crippen molar-refractivity contribution in [2.24, 2.45) is 5.92 Å². The predicted molar refractivity (Wildman–Crippen MR) is 85.0 cm³/mol. The van der Waals surface area contributed by atoms with Gasteiger partial charge in [0.1, 0.15) is 0 Å². The molecule has 1 aliphatic rings. The van der Waals surface area contributed by atoms with Crippen LogP contribution in [-0.2, 0) is 4.74 Å². The lowest BCUT2D eigenvalue weighted by atomic mass is 9.85. The molecule has 2 rings (SSSR count). The van der Waals surface area contributed by atoms with Crippen molar-refractivity contribution in [1.82, 2.24) is 5.32 Å². The molecule has 3 atom stereocenters. The SMILES string of the molecule is CCC1CCCC(OC(CNC)c2ccc(C)cc2)C1. The molecule has 1 saturated carbocycles. The number of rotatable bonds is 6. The summed E-state index contributed by atoms with van der Waals surface area (Å²) in [5.74, 6) is 0.863. The fourth-order valence-corrected chi connectivity index (χ4v) is 3.18. The summed E-state index contributed by atoms with van der Waals surface area (Å²) in [5.41, 5.74) is 2.60. The Bertz CT molecular complexity index is 387. The average Bonchev–Trinajstić information content (AvgIpc) is 2.48. The topological polar surface area (TPSA) is 21.3 Å². The summed E-state index contributed by atoms with van der Waals surface area (Å²) in [6.45, 7) is 5.32. The monoisotopic (exact) mass is 275 g/mol. The van der Waals surface area contributed by atoms with Gasteiger partial charge in [0.15, 0.2) is 0 Å². The molecule has 1 aromatic rings. The largest absolute Gasteiger partial charge is 0.369 e. The highest BCUT2D eigenvalue weighted by molar-refractivity contribution is 5.23. The molecule has 1 aliphatic carbocycles. The van der Waals surface area contributed by atoms with Gasteiger partial charge in [-0.05, 0) is 38.3 Å². The van der Waals surface area contributed by atoms with Gasteiger partial charge in [-0.2, -0.15) is 0 Å². The molecular formula is C18H29NO. The zero-order valence-electron chi connectivity index (χ0n) is 13.2. The summed E-state index contributed by atoms with van der Waals surface area (Å²) in [5, 5.41) is 3.27. The van der Waals surface area contributed by atoms with Crippen LogP contribution in [-0.4, -0.2) is 19.7 Å². The molecule has 0 radical (unpaired) electrons. The van der Waals surface area contributed by atoms with Crippen LogP contribution in [0, 0.1) is 12.8 Å². The van der Waals surface area contributed by atoms with E-state index >= 15 is 0 Å². The van der Waals surface area contributed by atoms with Gasteiger partial charge in [0, 0.05) is 6.54 Å². The second-order valence-electron chi connectivity index (χ2n) is 6.16. The van der Waals surface area contributed by atoms with Crippen LogP contribution < -0.4 is 5.32 Å². The Morgan fingerprint density at radius 3 is 2.65 bits per heavy atom. The van der Waals surface area contributed by atoms with Crippen LogP contribution in [0.5, 0.6) is 0 Å². The summed E-state index contributed by atoms with van der Waals surface area (Å²) < 4.78 is 6.43. The first kappa shape index (κ1) is 15.5. The Hall–Kier alpha value is -0.860. The Labute approximate surface area is 123 Å². The van der Waals surface area contributed by atoms with Crippen molar-refractivity contribution in [1.29, 1.82) is 0 Å². The summed E-state index contributed by atoms with van der Waals surface area (Å²) in [6.07, 6.45) is 7.09. The molecule has 20 heavy (non-hydrogen) atoms. The van der Waals surface area contributed by atoms with Crippen LogP contribution in [0.15, 0.2) is 24.3 Å². The van der Waals surface area contributed by atoms with Crippen molar-refractivity contribution in [3.8, 4) is 0 Å². The van der Waals surface area contributed by atoms with E-state index in [4.69, 9.17) is 4.74 Å². The van der Waals surface area contributed by atoms with Gasteiger partial charge >= 0.3 is 0 Å². The normalized spacial score (nSPS) is 24.6. The van der Waals surface area contributed by atoms with E-state index in [2.05, 4.69) is 43.4 Å². The van der Waals surface area contributed by atoms with Crippen molar-refractivity contribution in [2.45, 2.75) is 58.2 Å². The highest BCUT2D eigenvalue weighted by atomic mass is 16.5. The van der Waals surface area contributed by atoms with Crippen molar-refractivity contribution >= 4 is 0 Å². The zero-order valence-corrected chi connectivity index (χ0v) is 13.2. The average molecular weight is 275 g/mol. The molecule has 0 spiro atoms. The molecule has 1 fully saturated rings. The summed E-state index contributed by atoms with van der Waals surface area (Å²) in [4.78, 5) is 0. The Balaban J connectivity index is 1.99. The van der Waals surface area contributed by atoms with Gasteiger partial charge in [0.2, 0.25) is 0 Å². The van der Waals surface area contributed by atoms with Crippen LogP contribution >= 0.6 is 0 Å². The minimum absolute atomic E-state index is 0.182. The van der Waals surface area contributed by atoms with Gasteiger partial charge in [-0.1, -0.05) is 56.0 Å². The van der Waals surface area contributed by atoms with E-state index in [0.717, 1.165) is 12.5 Å². The molecule has 0 amide bonds. The maximum atomic E-state index is 6.43. The molecule has 112 valence electrons. The molecule has 0 saturated heterocycles. The number of nitrogens with one attached hydrogen (secondary N) is 1. The van der Waals surface area contributed by atoms with Crippen LogP contribution in [0.1, 0.15) is 56.3 Å². The number of hydrogen-bond acceptors (Lipinski definition) is 2. The predicted octanol–water partition coefficient (Wildman–Crippen LogP) is 4.24. The third-order valence-corrected chi connectivity index (χ3v) is 4.51. The quantitative estimate of drug-likeness (QED) is 0.838. The van der Waals surface area contributed by atoms with E-state index < -0.39 is 0 Å².